The SMILES string of the molecule is CN1C2CCC1CC(C=C(c1ccsc1)c1ccsc1)C2. The molecule has 0 aliphatic carbocycles. The van der Waals surface area contributed by atoms with E-state index in [4.69, 9.17) is 0 Å². The molecule has 2 aromatic rings. The first-order valence-electron chi connectivity index (χ1n) is 7.80. The molecule has 110 valence electrons. The predicted molar refractivity (Wildman–Crippen MR) is 93.0 cm³/mol. The largest absolute Gasteiger partial charge is 0.300 e. The van der Waals surface area contributed by atoms with Crippen molar-refractivity contribution in [1.82, 2.24) is 4.90 Å². The van der Waals surface area contributed by atoms with Crippen LogP contribution in [0.4, 0.5) is 0 Å². The highest BCUT2D eigenvalue weighted by molar-refractivity contribution is 7.08. The fourth-order valence-corrected chi connectivity index (χ4v) is 5.33. The Balaban J connectivity index is 1.65. The summed E-state index contributed by atoms with van der Waals surface area (Å²) in [6, 6.07) is 6.16. The van der Waals surface area contributed by atoms with Crippen molar-refractivity contribution >= 4 is 28.2 Å². The van der Waals surface area contributed by atoms with E-state index in [-0.39, 0.29) is 0 Å². The quantitative estimate of drug-likeness (QED) is 0.760. The zero-order chi connectivity index (χ0) is 14.2. The van der Waals surface area contributed by atoms with Crippen LogP contribution in [0.5, 0.6) is 0 Å². The average Bonchev–Trinajstić information content (AvgIpc) is 3.20. The highest BCUT2D eigenvalue weighted by Gasteiger charge is 2.37. The Kier molecular flexibility index (Phi) is 3.74. The van der Waals surface area contributed by atoms with Gasteiger partial charge in [-0.05, 0) is 89.0 Å². The summed E-state index contributed by atoms with van der Waals surface area (Å²) < 4.78 is 0. The van der Waals surface area contributed by atoms with E-state index < -0.39 is 0 Å². The van der Waals surface area contributed by atoms with Crippen LogP contribution >= 0.6 is 22.7 Å². The van der Waals surface area contributed by atoms with Crippen molar-refractivity contribution in [3.63, 3.8) is 0 Å². The molecule has 1 nitrogen and oxygen atoms in total. The van der Waals surface area contributed by atoms with Gasteiger partial charge in [0.2, 0.25) is 0 Å². The molecule has 0 saturated carbocycles. The standard InChI is InChI=1S/C18H21NS2/c1-19-16-2-3-17(19)9-13(8-16)10-18(14-4-6-20-11-14)15-5-7-21-12-15/h4-7,10-13,16-17H,2-3,8-9H2,1H3. The lowest BCUT2D eigenvalue weighted by Gasteiger charge is -2.35. The highest BCUT2D eigenvalue weighted by atomic mass is 32.1. The van der Waals surface area contributed by atoms with E-state index in [1.54, 1.807) is 22.7 Å². The molecule has 0 aromatic carbocycles. The van der Waals surface area contributed by atoms with Crippen molar-refractivity contribution in [3.8, 4) is 0 Å². The molecule has 2 atom stereocenters. The molecule has 0 spiro atoms. The average molecular weight is 316 g/mol. The lowest BCUT2D eigenvalue weighted by Crippen LogP contribution is -2.39. The molecule has 0 N–H and O–H groups in total. The Morgan fingerprint density at radius 3 is 2.10 bits per heavy atom. The summed E-state index contributed by atoms with van der Waals surface area (Å²) in [5, 5.41) is 8.95. The summed E-state index contributed by atoms with van der Waals surface area (Å²) >= 11 is 3.59. The van der Waals surface area contributed by atoms with E-state index >= 15 is 0 Å². The highest BCUT2D eigenvalue weighted by Crippen LogP contribution is 2.40. The molecule has 0 amide bonds. The van der Waals surface area contributed by atoms with Gasteiger partial charge in [0.05, 0.1) is 0 Å². The van der Waals surface area contributed by atoms with Gasteiger partial charge in [-0.15, -0.1) is 0 Å². The fourth-order valence-electron chi connectivity index (χ4n) is 4.02. The number of allylic oxidation sites excluding steroid dienone is 1. The van der Waals surface area contributed by atoms with Gasteiger partial charge in [0.25, 0.3) is 0 Å². The number of hydrogen-bond donors (Lipinski definition) is 0. The van der Waals surface area contributed by atoms with E-state index in [0.29, 0.717) is 0 Å². The van der Waals surface area contributed by atoms with Crippen molar-refractivity contribution in [2.75, 3.05) is 7.05 Å². The molecule has 3 heteroatoms. The van der Waals surface area contributed by atoms with Crippen LogP contribution in [0.15, 0.2) is 39.7 Å². The normalized spacial score (nSPS) is 28.7. The van der Waals surface area contributed by atoms with Crippen molar-refractivity contribution in [2.45, 2.75) is 37.8 Å². The van der Waals surface area contributed by atoms with E-state index in [1.165, 1.54) is 42.4 Å². The van der Waals surface area contributed by atoms with Gasteiger partial charge in [-0.1, -0.05) is 6.08 Å². The molecule has 21 heavy (non-hydrogen) atoms. The minimum Gasteiger partial charge on any atom is -0.300 e. The van der Waals surface area contributed by atoms with Crippen molar-refractivity contribution in [1.29, 1.82) is 0 Å². The van der Waals surface area contributed by atoms with Crippen LogP contribution in [-0.4, -0.2) is 24.0 Å². The van der Waals surface area contributed by atoms with E-state index in [2.05, 4.69) is 51.7 Å². The summed E-state index contributed by atoms with van der Waals surface area (Å²) in [6.07, 6.45) is 8.05. The van der Waals surface area contributed by atoms with Gasteiger partial charge in [0.15, 0.2) is 0 Å². The maximum Gasteiger partial charge on any atom is 0.0101 e. The summed E-state index contributed by atoms with van der Waals surface area (Å²) in [6.45, 7) is 0. The second-order valence-corrected chi connectivity index (χ2v) is 7.95. The topological polar surface area (TPSA) is 3.24 Å². The van der Waals surface area contributed by atoms with Crippen LogP contribution in [-0.2, 0) is 0 Å². The number of nitrogens with zero attached hydrogens (tertiary/aromatic N) is 1. The Hall–Kier alpha value is -0.900. The van der Waals surface area contributed by atoms with Crippen LogP contribution in [0.1, 0.15) is 36.8 Å². The molecular weight excluding hydrogens is 294 g/mol. The lowest BCUT2D eigenvalue weighted by atomic mass is 9.87. The number of piperidine rings is 1. The first kappa shape index (κ1) is 13.7. The molecule has 2 fully saturated rings. The molecular formula is C18H21NS2. The third-order valence-electron chi connectivity index (χ3n) is 5.20. The smallest absolute Gasteiger partial charge is 0.0101 e. The third-order valence-corrected chi connectivity index (χ3v) is 6.57. The Labute approximate surface area is 134 Å². The summed E-state index contributed by atoms with van der Waals surface area (Å²) in [5.74, 6) is 0.744. The molecule has 2 bridgehead atoms. The summed E-state index contributed by atoms with van der Waals surface area (Å²) in [5.41, 5.74) is 4.24. The molecule has 2 aliphatic rings. The van der Waals surface area contributed by atoms with Gasteiger partial charge in [0.1, 0.15) is 0 Å². The van der Waals surface area contributed by atoms with Gasteiger partial charge >= 0.3 is 0 Å². The molecule has 4 heterocycles. The van der Waals surface area contributed by atoms with Gasteiger partial charge in [-0.3, -0.25) is 0 Å². The minimum absolute atomic E-state index is 0.744. The van der Waals surface area contributed by atoms with Crippen molar-refractivity contribution in [3.05, 3.63) is 50.9 Å². The van der Waals surface area contributed by atoms with Crippen LogP contribution in [0.3, 0.4) is 0 Å². The second kappa shape index (κ2) is 5.71. The molecule has 2 aromatic heterocycles. The zero-order valence-electron chi connectivity index (χ0n) is 12.4. The van der Waals surface area contributed by atoms with Crippen LogP contribution in [0.25, 0.3) is 5.57 Å². The van der Waals surface area contributed by atoms with E-state index in [0.717, 1.165) is 18.0 Å². The van der Waals surface area contributed by atoms with Crippen molar-refractivity contribution in [2.24, 2.45) is 5.92 Å². The first-order valence-corrected chi connectivity index (χ1v) is 9.68. The van der Waals surface area contributed by atoms with Gasteiger partial charge < -0.3 is 4.90 Å². The van der Waals surface area contributed by atoms with Crippen LogP contribution in [0.2, 0.25) is 0 Å². The van der Waals surface area contributed by atoms with Gasteiger partial charge in [-0.2, -0.15) is 22.7 Å². The minimum atomic E-state index is 0.744. The monoisotopic (exact) mass is 315 g/mol. The number of hydrogen-bond acceptors (Lipinski definition) is 3. The van der Waals surface area contributed by atoms with Gasteiger partial charge in [0, 0.05) is 12.1 Å². The van der Waals surface area contributed by atoms with Crippen LogP contribution < -0.4 is 0 Å². The molecule has 2 aliphatic heterocycles. The van der Waals surface area contributed by atoms with E-state index in [1.807, 2.05) is 0 Å². The zero-order valence-corrected chi connectivity index (χ0v) is 14.0. The van der Waals surface area contributed by atoms with Gasteiger partial charge in [-0.25, -0.2) is 0 Å². The summed E-state index contributed by atoms with van der Waals surface area (Å²) in [4.78, 5) is 2.62. The Bertz CT molecular complexity index is 561. The number of thiophene rings is 2. The summed E-state index contributed by atoms with van der Waals surface area (Å²) in [7, 11) is 2.32. The second-order valence-electron chi connectivity index (χ2n) is 6.39. The maximum absolute atomic E-state index is 2.62. The number of fused-ring (bicyclic) bond motifs is 2. The molecule has 0 radical (unpaired) electrons. The predicted octanol–water partition coefficient (Wildman–Crippen LogP) is 5.11. The first-order chi connectivity index (χ1) is 10.3. The number of rotatable bonds is 3. The van der Waals surface area contributed by atoms with E-state index in [9.17, 15) is 0 Å². The maximum atomic E-state index is 2.62. The molecule has 2 unspecified atom stereocenters. The Morgan fingerprint density at radius 2 is 1.62 bits per heavy atom. The molecule has 4 rings (SSSR count). The Morgan fingerprint density at radius 1 is 1.05 bits per heavy atom. The lowest BCUT2D eigenvalue weighted by molar-refractivity contribution is 0.152. The van der Waals surface area contributed by atoms with Crippen LogP contribution in [0, 0.1) is 5.92 Å². The van der Waals surface area contributed by atoms with Crippen molar-refractivity contribution < 1.29 is 0 Å². The molecule has 2 saturated heterocycles. The third kappa shape index (κ3) is 2.63. The fraction of sp³-hybridized carbons (Fsp3) is 0.444.